The second-order valence-electron chi connectivity index (χ2n) is 24.5. The molecule has 0 aromatic heterocycles. The fourth-order valence-corrected chi connectivity index (χ4v) is 8.30. The van der Waals surface area contributed by atoms with Gasteiger partial charge in [0.2, 0.25) is 59.1 Å². The number of aliphatic hydroxyl groups is 1. The van der Waals surface area contributed by atoms with Gasteiger partial charge in [-0.2, -0.15) is 0 Å². The van der Waals surface area contributed by atoms with E-state index in [-0.39, 0.29) is 79.7 Å². The predicted molar refractivity (Wildman–Crippen MR) is 297 cm³/mol. The van der Waals surface area contributed by atoms with Crippen LogP contribution in [0, 0.1) is 35.5 Å². The van der Waals surface area contributed by atoms with Crippen LogP contribution in [-0.2, 0) is 47.9 Å². The summed E-state index contributed by atoms with van der Waals surface area (Å²) in [7, 11) is 0. The topological polar surface area (TPSA) is 302 Å². The Labute approximate surface area is 459 Å². The van der Waals surface area contributed by atoms with Gasteiger partial charge >= 0.3 is 0 Å². The Morgan fingerprint density at radius 3 is 1.57 bits per heavy atom. The lowest BCUT2D eigenvalue weighted by Gasteiger charge is -2.34. The van der Waals surface area contributed by atoms with Gasteiger partial charge in [0.05, 0.1) is 6.10 Å². The van der Waals surface area contributed by atoms with Gasteiger partial charge < -0.3 is 57.9 Å². The number of nitrogens with one attached hydrogen (secondary N) is 9. The zero-order valence-corrected chi connectivity index (χ0v) is 50.0. The van der Waals surface area contributed by atoms with Crippen molar-refractivity contribution in [2.45, 2.75) is 235 Å². The van der Waals surface area contributed by atoms with Crippen LogP contribution in [0.25, 0.3) is 0 Å². The molecule has 10 amide bonds. The highest BCUT2D eigenvalue weighted by atomic mass is 16.3. The van der Waals surface area contributed by atoms with E-state index in [1.54, 1.807) is 13.8 Å². The number of likely N-dealkylation sites (tertiary alicyclic amines) is 1. The fraction of sp³-hybridized carbons (Fsp3) is 0.786. The second-order valence-corrected chi connectivity index (χ2v) is 24.5. The van der Waals surface area contributed by atoms with Crippen molar-refractivity contribution < 1.29 is 53.1 Å². The quantitative estimate of drug-likeness (QED) is 0.0450. The van der Waals surface area contributed by atoms with Crippen molar-refractivity contribution in [3.05, 3.63) is 12.2 Å². The van der Waals surface area contributed by atoms with E-state index in [1.165, 1.54) is 52.5 Å². The van der Waals surface area contributed by atoms with Crippen LogP contribution in [0.15, 0.2) is 12.2 Å². The van der Waals surface area contributed by atoms with Crippen LogP contribution in [0.1, 0.15) is 176 Å². The number of nitrogens with zero attached hydrogens (tertiary/aromatic N) is 1. The summed E-state index contributed by atoms with van der Waals surface area (Å²) in [5.41, 5.74) is -4.79. The third kappa shape index (κ3) is 23.5. The molecule has 0 spiro atoms. The number of amides is 10. The molecule has 77 heavy (non-hydrogen) atoms. The average molecular weight is 1090 g/mol. The molecule has 10 N–H and O–H groups in total. The Kier molecular flexibility index (Phi) is 28.0. The molecule has 9 unspecified atom stereocenters. The van der Waals surface area contributed by atoms with E-state index in [2.05, 4.69) is 47.9 Å². The Morgan fingerprint density at radius 1 is 0.584 bits per heavy atom. The predicted octanol–water partition coefficient (Wildman–Crippen LogP) is 3.03. The first-order valence-electron chi connectivity index (χ1n) is 27.8. The first-order valence-corrected chi connectivity index (χ1v) is 27.8. The Morgan fingerprint density at radius 2 is 1.06 bits per heavy atom. The Bertz CT molecular complexity index is 2070. The highest BCUT2D eigenvalue weighted by Crippen LogP contribution is 2.25. The normalized spacial score (nSPS) is 17.9. The number of hydrogen-bond acceptors (Lipinski definition) is 11. The molecular weight excluding hydrogens is 989 g/mol. The maximum Gasteiger partial charge on any atom is 0.246 e. The van der Waals surface area contributed by atoms with Gasteiger partial charge in [0.1, 0.15) is 46.8 Å². The molecule has 440 valence electrons. The zero-order valence-electron chi connectivity index (χ0n) is 50.0. The van der Waals surface area contributed by atoms with Crippen LogP contribution in [0.2, 0.25) is 0 Å². The summed E-state index contributed by atoms with van der Waals surface area (Å²) in [6.45, 7) is 33.1. The summed E-state index contributed by atoms with van der Waals surface area (Å²) in [5.74, 6) is -6.95. The lowest BCUT2D eigenvalue weighted by molar-refractivity contribution is -0.140. The summed E-state index contributed by atoms with van der Waals surface area (Å²) < 4.78 is 0. The van der Waals surface area contributed by atoms with Crippen molar-refractivity contribution in [3.63, 3.8) is 0 Å². The number of carbonyl (C=O) groups is 10. The Hall–Kier alpha value is -5.60. The van der Waals surface area contributed by atoms with Crippen molar-refractivity contribution in [2.75, 3.05) is 13.1 Å². The van der Waals surface area contributed by atoms with E-state index in [9.17, 15) is 53.1 Å². The molecule has 0 aromatic carbocycles. The molecular formula is C56H100N10O11. The molecule has 0 aliphatic carbocycles. The fourth-order valence-electron chi connectivity index (χ4n) is 8.30. The van der Waals surface area contributed by atoms with Gasteiger partial charge in [-0.25, -0.2) is 0 Å². The number of rotatable bonds is 31. The number of aliphatic hydroxyl groups excluding tert-OH is 1. The van der Waals surface area contributed by atoms with E-state index < -0.39 is 106 Å². The highest BCUT2D eigenvalue weighted by molar-refractivity contribution is 6.00. The largest absolute Gasteiger partial charge is 0.390 e. The molecule has 1 heterocycles. The SMILES string of the molecule is CCC(C)C=CC(=O)N1CC(C)CC1C(=O)NC(CC(C)C)C(=O)NC(C(=O)NC(C)(C)C(=O)NC(CC(C)C)C(=O)NC(CC(C)C)C(=O)NC(C)(C)C(=O)NC(C)(C)C(=O)NCCC(=O)NC(C)CC)C(O)C(C)C. The lowest BCUT2D eigenvalue weighted by Crippen LogP contribution is -2.66. The van der Waals surface area contributed by atoms with Crippen LogP contribution in [0.3, 0.4) is 0 Å². The molecule has 1 aliphatic heterocycles. The van der Waals surface area contributed by atoms with Crippen molar-refractivity contribution in [3.8, 4) is 0 Å². The molecule has 1 saturated heterocycles. The van der Waals surface area contributed by atoms with Crippen LogP contribution in [0.4, 0.5) is 0 Å². The van der Waals surface area contributed by atoms with Crippen molar-refractivity contribution in [1.29, 1.82) is 0 Å². The maximum absolute atomic E-state index is 14.2. The van der Waals surface area contributed by atoms with Crippen molar-refractivity contribution in [1.82, 2.24) is 52.8 Å². The molecule has 1 fully saturated rings. The lowest BCUT2D eigenvalue weighted by atomic mass is 9.95. The van der Waals surface area contributed by atoms with E-state index in [1.807, 2.05) is 82.2 Å². The molecule has 0 saturated carbocycles. The van der Waals surface area contributed by atoms with E-state index >= 15 is 0 Å². The van der Waals surface area contributed by atoms with Gasteiger partial charge in [0.15, 0.2) is 0 Å². The standard InChI is InChI=1S/C56H100N10O11/c1-20-35(11)22-23-43(68)66-30-36(12)29-41(66)49(73)60-38(26-31(3)4)47(71)62-44(45(69)34(9)10)50(74)64-55(16,17)52(76)61-39(27-32(5)6)46(70)59-40(28-33(7)8)48(72)63-56(18,19)53(77)65-54(14,15)51(75)57-25-24-42(67)58-37(13)21-2/h22-23,31-41,44-45,69H,20-21,24-30H2,1-19H3,(H,57,75)(H,58,67)(H,59,70)(H,60,73)(H,61,76)(H,62,71)(H,63,72)(H,64,74)(H,65,77). The molecule has 0 bridgehead atoms. The van der Waals surface area contributed by atoms with E-state index in [0.29, 0.717) is 13.0 Å². The minimum Gasteiger partial charge on any atom is -0.390 e. The summed E-state index contributed by atoms with van der Waals surface area (Å²) in [6.07, 6.45) is 4.27. The van der Waals surface area contributed by atoms with Crippen LogP contribution in [0.5, 0.6) is 0 Å². The average Bonchev–Trinajstić information content (AvgIpc) is 3.71. The van der Waals surface area contributed by atoms with Gasteiger partial charge in [0.25, 0.3) is 0 Å². The minimum absolute atomic E-state index is 0.0160. The van der Waals surface area contributed by atoms with Gasteiger partial charge in [-0.3, -0.25) is 47.9 Å². The molecule has 21 nitrogen and oxygen atoms in total. The third-order valence-electron chi connectivity index (χ3n) is 13.6. The molecule has 1 aliphatic rings. The third-order valence-corrected chi connectivity index (χ3v) is 13.6. The first kappa shape index (κ1) is 69.4. The summed E-state index contributed by atoms with van der Waals surface area (Å²) in [4.78, 5) is 138. The highest BCUT2D eigenvalue weighted by Gasteiger charge is 2.43. The number of hydrogen-bond donors (Lipinski definition) is 10. The van der Waals surface area contributed by atoms with Crippen molar-refractivity contribution in [2.24, 2.45) is 35.5 Å². The molecule has 1 rings (SSSR count). The number of carbonyl (C=O) groups excluding carboxylic acids is 10. The van der Waals surface area contributed by atoms with Crippen LogP contribution >= 0.6 is 0 Å². The maximum atomic E-state index is 14.2. The molecule has 0 radical (unpaired) electrons. The van der Waals surface area contributed by atoms with Gasteiger partial charge in [-0.1, -0.05) is 95.6 Å². The summed E-state index contributed by atoms with van der Waals surface area (Å²) in [5, 5.41) is 35.8. The van der Waals surface area contributed by atoms with Gasteiger partial charge in [-0.05, 0) is 122 Å². The first-order chi connectivity index (χ1) is 35.4. The molecule has 9 atom stereocenters. The van der Waals surface area contributed by atoms with E-state index in [4.69, 9.17) is 0 Å². The monoisotopic (exact) mass is 1090 g/mol. The van der Waals surface area contributed by atoms with E-state index in [0.717, 1.165) is 12.8 Å². The van der Waals surface area contributed by atoms with Crippen molar-refractivity contribution >= 4 is 59.1 Å². The van der Waals surface area contributed by atoms with Crippen LogP contribution in [-0.4, -0.2) is 141 Å². The van der Waals surface area contributed by atoms with Crippen LogP contribution < -0.4 is 47.9 Å². The molecule has 0 aromatic rings. The summed E-state index contributed by atoms with van der Waals surface area (Å²) in [6, 6.07) is -6.01. The smallest absolute Gasteiger partial charge is 0.246 e. The second kappa shape index (κ2) is 31.1. The van der Waals surface area contributed by atoms with Gasteiger partial charge in [-0.15, -0.1) is 0 Å². The Balaban J connectivity index is 3.30. The molecule has 21 heteroatoms. The number of allylic oxidation sites excluding steroid dienone is 1. The zero-order chi connectivity index (χ0) is 59.5. The van der Waals surface area contributed by atoms with Gasteiger partial charge in [0, 0.05) is 25.6 Å². The summed E-state index contributed by atoms with van der Waals surface area (Å²) >= 11 is 0. The minimum atomic E-state index is -1.75.